The standard InChI is InChI=1S/C35H48N2O12S/c1-6-20(2)25(17-32(43)49-18-23-10-8-7-9-11-23)33(44)36-27(12-13-31(42)48-5)30(41)16-26(22(4)39)34(45)37-28(14-21(3)38)29(40)15-24(19-50)35(46)47/h7-8,10-11,20,22,24-28,39H,6,12-19H2,1-5H3,(H3-,36,37,44,45,46,47,50)/p+1/t20?,22?,24-,25?,26?,27?,28?/m1/s1. The predicted octanol–water partition coefficient (Wildman–Crippen LogP) is 1.89. The molecule has 15 heteroatoms. The first-order valence-corrected chi connectivity index (χ1v) is 17.0. The number of allylic oxidation sites excluding steroid dienone is 4. The Kier molecular flexibility index (Phi) is 19.7. The van der Waals surface area contributed by atoms with Crippen molar-refractivity contribution in [2.75, 3.05) is 19.5 Å². The van der Waals surface area contributed by atoms with Crippen LogP contribution >= 0.6 is 12.6 Å². The summed E-state index contributed by atoms with van der Waals surface area (Å²) in [7, 11) is 1.15. The van der Waals surface area contributed by atoms with Crippen LogP contribution in [0.25, 0.3) is 0 Å². The monoisotopic (exact) mass is 721 g/mol. The zero-order chi connectivity index (χ0) is 38.0. The zero-order valence-corrected chi connectivity index (χ0v) is 30.0. The number of aliphatic hydroxyl groups is 1. The Morgan fingerprint density at radius 2 is 1.52 bits per heavy atom. The van der Waals surface area contributed by atoms with Gasteiger partial charge >= 0.3 is 17.9 Å². The number of thiol groups is 1. The van der Waals surface area contributed by atoms with Crippen molar-refractivity contribution in [3.8, 4) is 0 Å². The fraction of sp³-hybridized carbons (Fsp3) is 0.600. The molecule has 0 aliphatic heterocycles. The second kappa shape index (κ2) is 22.5. The molecule has 1 aliphatic carbocycles. The van der Waals surface area contributed by atoms with Gasteiger partial charge in [-0.3, -0.25) is 38.4 Å². The summed E-state index contributed by atoms with van der Waals surface area (Å²) < 4.78 is 10.0. The smallest absolute Gasteiger partial charge is 0.308 e. The Labute approximate surface area is 297 Å². The first kappa shape index (κ1) is 43.8. The molecule has 0 heterocycles. The van der Waals surface area contributed by atoms with E-state index < -0.39 is 102 Å². The molecular weight excluding hydrogens is 672 g/mol. The number of hydrogen-bond acceptors (Lipinski definition) is 12. The molecule has 1 rings (SSSR count). The molecular formula is C35H49N2O12S+. The number of Topliss-reactive ketones (excluding diaryl/α,β-unsaturated/α-hetero) is 3. The third kappa shape index (κ3) is 15.6. The van der Waals surface area contributed by atoms with Crippen LogP contribution in [0.1, 0.15) is 72.6 Å². The number of hydrogen-bond donors (Lipinski definition) is 5. The van der Waals surface area contributed by atoms with Crippen LogP contribution in [-0.2, 0) is 47.8 Å². The van der Waals surface area contributed by atoms with Gasteiger partial charge in [0.05, 0.1) is 61.1 Å². The van der Waals surface area contributed by atoms with Crippen LogP contribution in [0, 0.1) is 29.7 Å². The largest absolute Gasteiger partial charge is 0.481 e. The number of aliphatic carboxylic acids is 1. The minimum atomic E-state index is -1.46. The highest BCUT2D eigenvalue weighted by Crippen LogP contribution is 2.22. The molecule has 1 aliphatic rings. The highest BCUT2D eigenvalue weighted by atomic mass is 32.1. The summed E-state index contributed by atoms with van der Waals surface area (Å²) in [5.41, 5.74) is 0.703. The van der Waals surface area contributed by atoms with Crippen LogP contribution < -0.4 is 10.6 Å². The lowest BCUT2D eigenvalue weighted by atomic mass is 9.87. The molecule has 0 bridgehead atoms. The summed E-state index contributed by atoms with van der Waals surface area (Å²) in [6.45, 7) is 5.98. The van der Waals surface area contributed by atoms with E-state index in [4.69, 9.17) is 4.74 Å². The van der Waals surface area contributed by atoms with Gasteiger partial charge in [-0.15, -0.1) is 0 Å². The number of aliphatic hydroxyl groups excluding tert-OH is 1. The van der Waals surface area contributed by atoms with E-state index in [9.17, 15) is 48.6 Å². The molecule has 0 radical (unpaired) electrons. The molecule has 7 atom stereocenters. The van der Waals surface area contributed by atoms with E-state index in [-0.39, 0.29) is 37.5 Å². The van der Waals surface area contributed by atoms with E-state index in [0.717, 1.165) is 7.11 Å². The average Bonchev–Trinajstić information content (AvgIpc) is 3.07. The molecule has 6 unspecified atom stereocenters. The number of ketones is 3. The maximum Gasteiger partial charge on any atom is 0.308 e. The van der Waals surface area contributed by atoms with E-state index in [0.29, 0.717) is 12.0 Å². The SMILES string of the molecule is CCC(C)C(CC(=O)OCC1=CC=C[C+]=C1)C(=O)NC(CCC(=O)OC)C(=O)CC(C(=O)NC(CC(C)=O)C(=O)C[C@H](CS)C(=O)O)C(C)O. The summed E-state index contributed by atoms with van der Waals surface area (Å²) in [4.78, 5) is 102. The van der Waals surface area contributed by atoms with E-state index in [1.54, 1.807) is 31.2 Å². The average molecular weight is 722 g/mol. The maximum atomic E-state index is 13.7. The van der Waals surface area contributed by atoms with E-state index >= 15 is 0 Å². The second-order valence-electron chi connectivity index (χ2n) is 12.3. The minimum Gasteiger partial charge on any atom is -0.481 e. The molecule has 0 saturated carbocycles. The van der Waals surface area contributed by atoms with Gasteiger partial charge in [-0.1, -0.05) is 20.3 Å². The van der Waals surface area contributed by atoms with Gasteiger partial charge in [-0.25, -0.2) is 0 Å². The van der Waals surface area contributed by atoms with Gasteiger partial charge in [0.25, 0.3) is 0 Å². The van der Waals surface area contributed by atoms with Crippen molar-refractivity contribution in [2.45, 2.75) is 90.8 Å². The van der Waals surface area contributed by atoms with Gasteiger partial charge in [0, 0.05) is 43.6 Å². The molecule has 0 aromatic carbocycles. The number of carboxylic acids is 1. The number of amides is 2. The van der Waals surface area contributed by atoms with Crippen molar-refractivity contribution in [3.63, 3.8) is 0 Å². The van der Waals surface area contributed by atoms with Crippen LogP contribution in [0.15, 0.2) is 29.9 Å². The van der Waals surface area contributed by atoms with E-state index in [2.05, 4.69) is 34.1 Å². The van der Waals surface area contributed by atoms with Gasteiger partial charge in [-0.05, 0) is 26.2 Å². The van der Waals surface area contributed by atoms with Gasteiger partial charge in [0.2, 0.25) is 11.8 Å². The molecule has 50 heavy (non-hydrogen) atoms. The lowest BCUT2D eigenvalue weighted by Gasteiger charge is -2.27. The lowest BCUT2D eigenvalue weighted by molar-refractivity contribution is -0.147. The Bertz CT molecular complexity index is 1340. The summed E-state index contributed by atoms with van der Waals surface area (Å²) in [5.74, 6) is -10.2. The summed E-state index contributed by atoms with van der Waals surface area (Å²) in [6.07, 6.45) is 6.35. The maximum absolute atomic E-state index is 13.7. The highest BCUT2D eigenvalue weighted by molar-refractivity contribution is 7.80. The lowest BCUT2D eigenvalue weighted by Crippen LogP contribution is -2.50. The van der Waals surface area contributed by atoms with Crippen molar-refractivity contribution < 1.29 is 58.0 Å². The molecule has 14 nitrogen and oxygen atoms in total. The van der Waals surface area contributed by atoms with Crippen molar-refractivity contribution in [1.82, 2.24) is 10.6 Å². The molecule has 4 N–H and O–H groups in total. The second-order valence-corrected chi connectivity index (χ2v) is 12.7. The molecule has 2 amide bonds. The Hall–Kier alpha value is -4.20. The van der Waals surface area contributed by atoms with Crippen molar-refractivity contribution in [1.29, 1.82) is 0 Å². The third-order valence-electron chi connectivity index (χ3n) is 8.35. The van der Waals surface area contributed by atoms with E-state index in [1.807, 2.05) is 6.92 Å². The minimum absolute atomic E-state index is 0.0255. The number of carbonyl (C=O) groups excluding carboxylic acids is 7. The van der Waals surface area contributed by atoms with Gasteiger partial charge < -0.3 is 30.3 Å². The molecule has 0 saturated heterocycles. The molecule has 0 fully saturated rings. The van der Waals surface area contributed by atoms with Crippen molar-refractivity contribution in [3.05, 3.63) is 36.0 Å². The summed E-state index contributed by atoms with van der Waals surface area (Å²) in [5, 5.41) is 24.8. The fourth-order valence-electron chi connectivity index (χ4n) is 4.98. The summed E-state index contributed by atoms with van der Waals surface area (Å²) >= 11 is 3.94. The number of ether oxygens (including phenoxy) is 2. The van der Waals surface area contributed by atoms with Gasteiger partial charge in [-0.2, -0.15) is 12.6 Å². The Morgan fingerprint density at radius 1 is 0.900 bits per heavy atom. The number of rotatable bonds is 24. The van der Waals surface area contributed by atoms with Crippen LogP contribution in [0.3, 0.4) is 0 Å². The third-order valence-corrected chi connectivity index (χ3v) is 8.79. The molecule has 0 aromatic heterocycles. The zero-order valence-electron chi connectivity index (χ0n) is 29.1. The number of esters is 2. The Morgan fingerprint density at radius 3 is 2.04 bits per heavy atom. The highest BCUT2D eigenvalue weighted by Gasteiger charge is 2.36. The van der Waals surface area contributed by atoms with Crippen LogP contribution in [0.4, 0.5) is 0 Å². The topological polar surface area (TPSA) is 220 Å². The molecule has 0 aromatic rings. The molecule has 276 valence electrons. The van der Waals surface area contributed by atoms with Crippen LogP contribution in [0.2, 0.25) is 0 Å². The van der Waals surface area contributed by atoms with Crippen molar-refractivity contribution in [2.24, 2.45) is 23.7 Å². The van der Waals surface area contributed by atoms with Gasteiger partial charge in [0.1, 0.15) is 17.9 Å². The van der Waals surface area contributed by atoms with Crippen LogP contribution in [0.5, 0.6) is 0 Å². The fourth-order valence-corrected chi connectivity index (χ4v) is 5.27. The summed E-state index contributed by atoms with van der Waals surface area (Å²) in [6, 6.07) is -2.76. The van der Waals surface area contributed by atoms with Crippen molar-refractivity contribution >= 4 is 59.7 Å². The number of methoxy groups -OCH3 is 1. The number of carbonyl (C=O) groups is 8. The number of carboxylic acid groups (broad SMARTS) is 1. The van der Waals surface area contributed by atoms with E-state index in [1.165, 1.54) is 13.8 Å². The normalized spacial score (nSPS) is 16.2. The molecule has 0 spiro atoms. The number of nitrogens with one attached hydrogen (secondary N) is 2. The van der Waals surface area contributed by atoms with Crippen LogP contribution in [-0.4, -0.2) is 94.9 Å². The Balaban J connectivity index is 3.19. The quantitative estimate of drug-likeness (QED) is 0.0548. The van der Waals surface area contributed by atoms with Gasteiger partial charge in [0.15, 0.2) is 18.2 Å². The first-order valence-electron chi connectivity index (χ1n) is 16.4. The predicted molar refractivity (Wildman–Crippen MR) is 183 cm³/mol. The first-order chi connectivity index (χ1) is 23.5.